The second kappa shape index (κ2) is 5.39. The first kappa shape index (κ1) is 14.5. The van der Waals surface area contributed by atoms with E-state index >= 15 is 0 Å². The average Bonchev–Trinajstić information content (AvgIpc) is 2.90. The molecule has 2 aromatic rings. The molecule has 3 rings (SSSR count). The van der Waals surface area contributed by atoms with Crippen LogP contribution in [-0.4, -0.2) is 10.9 Å². The van der Waals surface area contributed by atoms with Gasteiger partial charge >= 0.3 is 0 Å². The van der Waals surface area contributed by atoms with Crippen LogP contribution in [0.1, 0.15) is 45.2 Å². The van der Waals surface area contributed by atoms with Crippen molar-refractivity contribution in [2.75, 3.05) is 0 Å². The Labute approximate surface area is 131 Å². The van der Waals surface area contributed by atoms with Crippen LogP contribution in [-0.2, 0) is 6.42 Å². The molecule has 0 fully saturated rings. The molecule has 6 heteroatoms. The fourth-order valence-electron chi connectivity index (χ4n) is 2.90. The van der Waals surface area contributed by atoms with Crippen molar-refractivity contribution in [3.63, 3.8) is 0 Å². The van der Waals surface area contributed by atoms with Crippen molar-refractivity contribution in [2.45, 2.75) is 18.8 Å². The number of primary amides is 1. The molecule has 1 aromatic heterocycles. The molecule has 0 radical (unpaired) electrons. The maximum atomic E-state index is 13.9. The van der Waals surface area contributed by atoms with Gasteiger partial charge in [-0.05, 0) is 48.2 Å². The van der Waals surface area contributed by atoms with Crippen molar-refractivity contribution >= 4 is 17.5 Å². The van der Waals surface area contributed by atoms with Crippen LogP contribution in [0.3, 0.4) is 0 Å². The number of halogens is 2. The number of nitrogens with zero attached hydrogens (tertiary/aromatic N) is 2. The number of aromatic nitrogens is 1. The Morgan fingerprint density at radius 3 is 2.91 bits per heavy atom. The molecule has 2 N–H and O–H groups in total. The number of benzene rings is 1. The SMILES string of the molecule is N#Cc1nc([C@@H]2CCc3c(F)cc(Cl)cc32)ccc1C(N)=O. The molecule has 4 nitrogen and oxygen atoms in total. The van der Waals surface area contributed by atoms with Crippen molar-refractivity contribution in [1.29, 1.82) is 5.26 Å². The van der Waals surface area contributed by atoms with Crippen LogP contribution in [0.2, 0.25) is 5.02 Å². The van der Waals surface area contributed by atoms with Crippen LogP contribution in [0.15, 0.2) is 24.3 Å². The van der Waals surface area contributed by atoms with Crippen LogP contribution in [0.5, 0.6) is 0 Å². The third-order valence-corrected chi connectivity index (χ3v) is 4.12. The number of fused-ring (bicyclic) bond motifs is 1. The molecule has 0 bridgehead atoms. The van der Waals surface area contributed by atoms with Crippen LogP contribution in [0.25, 0.3) is 0 Å². The summed E-state index contributed by atoms with van der Waals surface area (Å²) in [4.78, 5) is 15.5. The van der Waals surface area contributed by atoms with Gasteiger partial charge in [-0.3, -0.25) is 4.79 Å². The third kappa shape index (κ3) is 2.32. The monoisotopic (exact) mass is 315 g/mol. The molecular formula is C16H11ClFN3O. The second-order valence-electron chi connectivity index (χ2n) is 5.15. The number of nitriles is 1. The van der Waals surface area contributed by atoms with Gasteiger partial charge in [0.25, 0.3) is 5.91 Å². The van der Waals surface area contributed by atoms with Crippen molar-refractivity contribution in [2.24, 2.45) is 5.73 Å². The van der Waals surface area contributed by atoms with Crippen molar-refractivity contribution in [1.82, 2.24) is 4.98 Å². The quantitative estimate of drug-likeness (QED) is 0.925. The predicted molar refractivity (Wildman–Crippen MR) is 79.0 cm³/mol. The molecule has 1 amide bonds. The number of hydrogen-bond donors (Lipinski definition) is 1. The number of rotatable bonds is 2. The van der Waals surface area contributed by atoms with Crippen LogP contribution in [0.4, 0.5) is 4.39 Å². The normalized spacial score (nSPS) is 16.1. The van der Waals surface area contributed by atoms with Gasteiger partial charge in [0, 0.05) is 16.6 Å². The topological polar surface area (TPSA) is 79.8 Å². The first-order chi connectivity index (χ1) is 10.5. The Morgan fingerprint density at radius 1 is 1.45 bits per heavy atom. The summed E-state index contributed by atoms with van der Waals surface area (Å²) < 4.78 is 13.9. The minimum absolute atomic E-state index is 0.0130. The predicted octanol–water partition coefficient (Wildman–Crippen LogP) is 2.92. The van der Waals surface area contributed by atoms with E-state index in [1.807, 2.05) is 6.07 Å². The van der Waals surface area contributed by atoms with E-state index in [0.29, 0.717) is 29.1 Å². The summed E-state index contributed by atoms with van der Waals surface area (Å²) in [6.07, 6.45) is 1.27. The third-order valence-electron chi connectivity index (χ3n) is 3.90. The van der Waals surface area contributed by atoms with Crippen LogP contribution in [0, 0.1) is 17.1 Å². The molecule has 22 heavy (non-hydrogen) atoms. The van der Waals surface area contributed by atoms with E-state index in [4.69, 9.17) is 22.6 Å². The molecule has 0 unspecified atom stereocenters. The summed E-state index contributed by atoms with van der Waals surface area (Å²) in [5, 5.41) is 9.45. The lowest BCUT2D eigenvalue weighted by atomic mass is 9.96. The Kier molecular flexibility index (Phi) is 3.55. The second-order valence-corrected chi connectivity index (χ2v) is 5.59. The summed E-state index contributed by atoms with van der Waals surface area (Å²) in [7, 11) is 0. The highest BCUT2D eigenvalue weighted by molar-refractivity contribution is 6.30. The Bertz CT molecular complexity index is 829. The molecule has 0 aliphatic heterocycles. The molecule has 1 aromatic carbocycles. The Hall–Kier alpha value is -2.45. The zero-order valence-electron chi connectivity index (χ0n) is 11.4. The number of nitrogens with two attached hydrogens (primary N) is 1. The fraction of sp³-hybridized carbons (Fsp3) is 0.188. The zero-order valence-corrected chi connectivity index (χ0v) is 12.2. The minimum atomic E-state index is -0.698. The maximum Gasteiger partial charge on any atom is 0.251 e. The van der Waals surface area contributed by atoms with Gasteiger partial charge in [0.15, 0.2) is 5.69 Å². The standard InChI is InChI=1S/C16H11ClFN3O/c17-8-5-12-9(13(18)6-8)1-2-10(12)14-4-3-11(16(20)22)15(7-19)21-14/h3-6,10H,1-2H2,(H2,20,22)/t10-/m1/s1. The van der Waals surface area contributed by atoms with Gasteiger partial charge in [0.2, 0.25) is 0 Å². The first-order valence-corrected chi connectivity index (χ1v) is 7.07. The lowest BCUT2D eigenvalue weighted by Gasteiger charge is -2.13. The number of carbonyl (C=O) groups excluding carboxylic acids is 1. The van der Waals surface area contributed by atoms with E-state index in [2.05, 4.69) is 4.98 Å². The minimum Gasteiger partial charge on any atom is -0.366 e. The molecule has 0 saturated carbocycles. The number of pyridine rings is 1. The van der Waals surface area contributed by atoms with Gasteiger partial charge in [-0.15, -0.1) is 0 Å². The van der Waals surface area contributed by atoms with E-state index in [1.165, 1.54) is 12.1 Å². The van der Waals surface area contributed by atoms with Gasteiger partial charge in [-0.2, -0.15) is 5.26 Å². The van der Waals surface area contributed by atoms with Gasteiger partial charge < -0.3 is 5.73 Å². The van der Waals surface area contributed by atoms with Crippen molar-refractivity contribution in [3.8, 4) is 6.07 Å². The number of hydrogen-bond acceptors (Lipinski definition) is 3. The molecular weight excluding hydrogens is 305 g/mol. The Balaban J connectivity index is 2.09. The summed E-state index contributed by atoms with van der Waals surface area (Å²) in [5.74, 6) is -1.16. The zero-order chi connectivity index (χ0) is 15.9. The van der Waals surface area contributed by atoms with Crippen molar-refractivity contribution in [3.05, 3.63) is 63.2 Å². The van der Waals surface area contributed by atoms with E-state index in [0.717, 1.165) is 5.56 Å². The molecule has 1 aliphatic carbocycles. The van der Waals surface area contributed by atoms with Gasteiger partial charge in [0.05, 0.1) is 5.56 Å². The molecule has 0 saturated heterocycles. The van der Waals surface area contributed by atoms with Crippen LogP contribution < -0.4 is 5.73 Å². The molecule has 0 spiro atoms. The average molecular weight is 316 g/mol. The maximum absolute atomic E-state index is 13.9. The Morgan fingerprint density at radius 2 is 2.23 bits per heavy atom. The number of amides is 1. The van der Waals surface area contributed by atoms with Gasteiger partial charge in [-0.1, -0.05) is 11.6 Å². The van der Waals surface area contributed by atoms with E-state index in [-0.39, 0.29) is 23.0 Å². The fourth-order valence-corrected chi connectivity index (χ4v) is 3.12. The van der Waals surface area contributed by atoms with E-state index in [9.17, 15) is 9.18 Å². The lowest BCUT2D eigenvalue weighted by molar-refractivity contribution is 0.0999. The van der Waals surface area contributed by atoms with E-state index < -0.39 is 5.91 Å². The first-order valence-electron chi connectivity index (χ1n) is 6.70. The van der Waals surface area contributed by atoms with Gasteiger partial charge in [-0.25, -0.2) is 9.37 Å². The lowest BCUT2D eigenvalue weighted by Crippen LogP contribution is -2.15. The molecule has 1 atom stereocenters. The largest absolute Gasteiger partial charge is 0.366 e. The summed E-state index contributed by atoms with van der Waals surface area (Å²) >= 11 is 5.93. The molecule has 110 valence electrons. The molecule has 1 aliphatic rings. The highest BCUT2D eigenvalue weighted by Crippen LogP contribution is 2.40. The molecule has 1 heterocycles. The number of carbonyl (C=O) groups is 1. The van der Waals surface area contributed by atoms with E-state index in [1.54, 1.807) is 12.1 Å². The van der Waals surface area contributed by atoms with Crippen LogP contribution >= 0.6 is 11.6 Å². The smallest absolute Gasteiger partial charge is 0.251 e. The summed E-state index contributed by atoms with van der Waals surface area (Å²) in [5.41, 5.74) is 7.32. The van der Waals surface area contributed by atoms with Gasteiger partial charge in [0.1, 0.15) is 11.9 Å². The van der Waals surface area contributed by atoms with Crippen molar-refractivity contribution < 1.29 is 9.18 Å². The summed E-state index contributed by atoms with van der Waals surface area (Å²) in [6.45, 7) is 0. The highest BCUT2D eigenvalue weighted by Gasteiger charge is 2.28. The highest BCUT2D eigenvalue weighted by atomic mass is 35.5. The summed E-state index contributed by atoms with van der Waals surface area (Å²) in [6, 6.07) is 8.04.